The number of benzene rings is 3. The van der Waals surface area contributed by atoms with Gasteiger partial charge in [-0.3, -0.25) is 9.69 Å². The molecule has 1 atom stereocenters. The Labute approximate surface area is 237 Å². The van der Waals surface area contributed by atoms with E-state index in [0.717, 1.165) is 28.8 Å². The number of amides is 1. The Morgan fingerprint density at radius 1 is 1.08 bits per heavy atom. The lowest BCUT2D eigenvalue weighted by Crippen LogP contribution is -2.30. The number of hydrogen-bond donors (Lipinski definition) is 0. The highest BCUT2D eigenvalue weighted by atomic mass is 35.5. The van der Waals surface area contributed by atoms with Gasteiger partial charge >= 0.3 is 0 Å². The molecule has 4 aromatic rings. The topological polar surface area (TPSA) is 47.4 Å². The van der Waals surface area contributed by atoms with E-state index in [1.165, 1.54) is 11.8 Å². The minimum atomic E-state index is -0.171. The third-order valence-corrected chi connectivity index (χ3v) is 7.84. The molecule has 0 saturated carbocycles. The van der Waals surface area contributed by atoms with E-state index >= 15 is 0 Å². The van der Waals surface area contributed by atoms with Crippen LogP contribution in [-0.2, 0) is 4.79 Å². The lowest BCUT2D eigenvalue weighted by atomic mass is 10.1. The molecule has 0 radical (unpaired) electrons. The average Bonchev–Trinajstić information content (AvgIpc) is 3.48. The van der Waals surface area contributed by atoms with Crippen molar-refractivity contribution in [3.05, 3.63) is 106 Å². The minimum Gasteiger partial charge on any atom is -0.492 e. The largest absolute Gasteiger partial charge is 0.492 e. The highest BCUT2D eigenvalue weighted by Crippen LogP contribution is 2.39. The van der Waals surface area contributed by atoms with E-state index in [4.69, 9.17) is 33.7 Å². The fourth-order valence-electron chi connectivity index (χ4n) is 4.24. The van der Waals surface area contributed by atoms with Crippen molar-refractivity contribution in [1.82, 2.24) is 14.7 Å². The summed E-state index contributed by atoms with van der Waals surface area (Å²) in [7, 11) is 0. The minimum absolute atomic E-state index is 0.115. The zero-order chi connectivity index (χ0) is 26.6. The first-order valence-corrected chi connectivity index (χ1v) is 14.0. The van der Waals surface area contributed by atoms with Crippen molar-refractivity contribution < 1.29 is 9.53 Å². The van der Waals surface area contributed by atoms with Gasteiger partial charge in [-0.2, -0.15) is 5.10 Å². The fourth-order valence-corrected chi connectivity index (χ4v) is 5.89. The molecule has 1 aromatic heterocycles. The first kappa shape index (κ1) is 26.2. The van der Waals surface area contributed by atoms with Gasteiger partial charge in [-0.05, 0) is 55.3 Å². The predicted octanol–water partition coefficient (Wildman–Crippen LogP) is 7.94. The molecule has 5 nitrogen and oxygen atoms in total. The number of thioether (sulfide) groups is 1. The number of carbonyl (C=O) groups excluding carboxylic acids is 1. The Balaban J connectivity index is 1.54. The zero-order valence-corrected chi connectivity index (χ0v) is 23.4. The second-order valence-electron chi connectivity index (χ2n) is 8.85. The van der Waals surface area contributed by atoms with Crippen LogP contribution in [0.15, 0.2) is 90.0 Å². The lowest BCUT2D eigenvalue weighted by molar-refractivity contribution is -0.123. The molecule has 38 heavy (non-hydrogen) atoms. The Bertz CT molecular complexity index is 1500. The molecular formula is C30H26ClN3O2S2. The quantitative estimate of drug-likeness (QED) is 0.162. The van der Waals surface area contributed by atoms with Gasteiger partial charge < -0.3 is 4.74 Å². The van der Waals surface area contributed by atoms with Crippen LogP contribution in [0.25, 0.3) is 23.0 Å². The van der Waals surface area contributed by atoms with Crippen molar-refractivity contribution >= 4 is 51.9 Å². The third-order valence-electron chi connectivity index (χ3n) is 6.21. The van der Waals surface area contributed by atoms with E-state index in [-0.39, 0.29) is 11.9 Å². The summed E-state index contributed by atoms with van der Waals surface area (Å²) in [6.45, 7) is 4.64. The number of rotatable bonds is 8. The van der Waals surface area contributed by atoms with Crippen molar-refractivity contribution in [1.29, 1.82) is 0 Å². The van der Waals surface area contributed by atoms with Crippen molar-refractivity contribution in [2.45, 2.75) is 26.3 Å². The predicted molar refractivity (Wildman–Crippen MR) is 160 cm³/mol. The fraction of sp³-hybridized carbons (Fsp3) is 0.167. The molecule has 192 valence electrons. The molecule has 0 N–H and O–H groups in total. The molecule has 5 rings (SSSR count). The van der Waals surface area contributed by atoms with Gasteiger partial charge in [0.05, 0.1) is 28.3 Å². The van der Waals surface area contributed by atoms with Gasteiger partial charge in [-0.1, -0.05) is 91.0 Å². The maximum atomic E-state index is 13.5. The molecule has 1 saturated heterocycles. The van der Waals surface area contributed by atoms with E-state index in [0.29, 0.717) is 32.3 Å². The van der Waals surface area contributed by atoms with E-state index in [1.54, 1.807) is 4.90 Å². The Hall–Kier alpha value is -3.39. The third kappa shape index (κ3) is 5.41. The second-order valence-corrected chi connectivity index (χ2v) is 10.9. The van der Waals surface area contributed by atoms with Crippen molar-refractivity contribution in [3.8, 4) is 22.7 Å². The first-order chi connectivity index (χ1) is 18.5. The van der Waals surface area contributed by atoms with Gasteiger partial charge in [-0.15, -0.1) is 0 Å². The van der Waals surface area contributed by atoms with Gasteiger partial charge in [0.1, 0.15) is 15.8 Å². The van der Waals surface area contributed by atoms with Gasteiger partial charge in [-0.25, -0.2) is 4.68 Å². The number of aromatic nitrogens is 2. The van der Waals surface area contributed by atoms with Gasteiger partial charge in [0.25, 0.3) is 5.91 Å². The SMILES string of the molecule is CCCOc1ccc(-c2nn(-c3ccccc3)cc2C=C2SC(=S)N(C(C)c3ccccc3)C2=O)cc1Cl. The summed E-state index contributed by atoms with van der Waals surface area (Å²) >= 11 is 13.5. The normalized spacial score (nSPS) is 15.3. The second kappa shape index (κ2) is 11.6. The first-order valence-electron chi connectivity index (χ1n) is 12.4. The zero-order valence-electron chi connectivity index (χ0n) is 21.0. The standard InChI is InChI=1S/C30H26ClN3O2S2/c1-3-16-36-26-15-14-22(17-25(26)31)28-23(19-33(32-28)24-12-8-5-9-13-24)18-27-29(35)34(30(37)38-27)20(2)21-10-6-4-7-11-21/h4-15,17-20H,3,16H2,1-2H3. The van der Waals surface area contributed by atoms with Gasteiger partial charge in [0, 0.05) is 17.3 Å². The molecule has 2 heterocycles. The Kier molecular flexibility index (Phi) is 7.98. The van der Waals surface area contributed by atoms with Crippen LogP contribution in [0.3, 0.4) is 0 Å². The molecule has 1 aliphatic rings. The molecule has 1 aliphatic heterocycles. The van der Waals surface area contributed by atoms with Crippen LogP contribution in [-0.4, -0.2) is 31.5 Å². The van der Waals surface area contributed by atoms with Crippen LogP contribution >= 0.6 is 35.6 Å². The Morgan fingerprint density at radius 3 is 2.47 bits per heavy atom. The van der Waals surface area contributed by atoms with Gasteiger partial charge in [0.15, 0.2) is 0 Å². The maximum absolute atomic E-state index is 13.5. The molecule has 3 aromatic carbocycles. The van der Waals surface area contributed by atoms with Crippen molar-refractivity contribution in [2.24, 2.45) is 0 Å². The summed E-state index contributed by atoms with van der Waals surface area (Å²) in [6.07, 6.45) is 4.69. The highest BCUT2D eigenvalue weighted by Gasteiger charge is 2.36. The summed E-state index contributed by atoms with van der Waals surface area (Å²) in [5.41, 5.74) is 4.27. The number of hydrogen-bond acceptors (Lipinski definition) is 5. The van der Waals surface area contributed by atoms with Crippen molar-refractivity contribution in [3.63, 3.8) is 0 Å². The van der Waals surface area contributed by atoms with E-state index in [2.05, 4.69) is 0 Å². The number of para-hydroxylation sites is 1. The molecule has 0 spiro atoms. The summed E-state index contributed by atoms with van der Waals surface area (Å²) in [5.74, 6) is 0.521. The van der Waals surface area contributed by atoms with Gasteiger partial charge in [0.2, 0.25) is 0 Å². The lowest BCUT2D eigenvalue weighted by Gasteiger charge is -2.23. The Morgan fingerprint density at radius 2 is 1.79 bits per heavy atom. The number of halogens is 1. The molecular weight excluding hydrogens is 534 g/mol. The van der Waals surface area contributed by atoms with Crippen LogP contribution in [0.2, 0.25) is 5.02 Å². The summed E-state index contributed by atoms with van der Waals surface area (Å²) in [6, 6.07) is 25.2. The summed E-state index contributed by atoms with van der Waals surface area (Å²) < 4.78 is 8.09. The molecule has 1 amide bonds. The summed E-state index contributed by atoms with van der Waals surface area (Å²) in [5, 5.41) is 5.39. The number of carbonyl (C=O) groups is 1. The van der Waals surface area contributed by atoms with Crippen LogP contribution < -0.4 is 4.74 Å². The van der Waals surface area contributed by atoms with E-state index in [9.17, 15) is 4.79 Å². The number of ether oxygens (including phenoxy) is 1. The highest BCUT2D eigenvalue weighted by molar-refractivity contribution is 8.26. The van der Waals surface area contributed by atoms with Crippen molar-refractivity contribution in [2.75, 3.05) is 6.61 Å². The van der Waals surface area contributed by atoms with Crippen LogP contribution in [0.5, 0.6) is 5.75 Å². The smallest absolute Gasteiger partial charge is 0.266 e. The summed E-state index contributed by atoms with van der Waals surface area (Å²) in [4.78, 5) is 15.8. The van der Waals surface area contributed by atoms with E-state index in [1.807, 2.05) is 110 Å². The van der Waals surface area contributed by atoms with Crippen LogP contribution in [0.1, 0.15) is 37.4 Å². The van der Waals surface area contributed by atoms with Crippen LogP contribution in [0, 0.1) is 0 Å². The number of thiocarbonyl (C=S) groups is 1. The molecule has 0 aliphatic carbocycles. The molecule has 0 bridgehead atoms. The van der Waals surface area contributed by atoms with Crippen LogP contribution in [0.4, 0.5) is 0 Å². The maximum Gasteiger partial charge on any atom is 0.266 e. The number of nitrogens with zero attached hydrogens (tertiary/aromatic N) is 3. The average molecular weight is 560 g/mol. The van der Waals surface area contributed by atoms with E-state index < -0.39 is 0 Å². The molecule has 1 fully saturated rings. The monoisotopic (exact) mass is 559 g/mol. The molecule has 1 unspecified atom stereocenters. The molecule has 8 heteroatoms.